The second-order valence-electron chi connectivity index (χ2n) is 8.24. The zero-order chi connectivity index (χ0) is 18.8. The lowest BCUT2D eigenvalue weighted by molar-refractivity contribution is 0.924. The van der Waals surface area contributed by atoms with Crippen LogP contribution < -0.4 is 10.4 Å². The van der Waals surface area contributed by atoms with Crippen LogP contribution in [-0.2, 0) is 0 Å². The van der Waals surface area contributed by atoms with E-state index in [0.717, 1.165) is 0 Å². The van der Waals surface area contributed by atoms with Crippen LogP contribution in [0.5, 0.6) is 0 Å². The van der Waals surface area contributed by atoms with Crippen molar-refractivity contribution in [2.45, 2.75) is 60.8 Å². The molecule has 0 amide bonds. The summed E-state index contributed by atoms with van der Waals surface area (Å²) in [6, 6.07) is 14.4. The van der Waals surface area contributed by atoms with Crippen LogP contribution in [-0.4, -0.2) is 8.80 Å². The quantitative estimate of drug-likeness (QED) is 0.639. The molecule has 0 nitrogen and oxygen atoms in total. The Bertz CT molecular complexity index is 791. The molecule has 0 saturated heterocycles. The van der Waals surface area contributed by atoms with Gasteiger partial charge in [0.05, 0.1) is 0 Å². The highest BCUT2D eigenvalue weighted by atomic mass is 28.3. The summed E-state index contributed by atoms with van der Waals surface area (Å²) in [5.41, 5.74) is 8.73. The summed E-state index contributed by atoms with van der Waals surface area (Å²) < 4.78 is 0. The van der Waals surface area contributed by atoms with Crippen molar-refractivity contribution in [3.8, 4) is 0 Å². The number of aryl methyl sites for hydroxylation is 4. The second-order valence-corrected chi connectivity index (χ2v) is 11.1. The van der Waals surface area contributed by atoms with Crippen molar-refractivity contribution in [1.82, 2.24) is 0 Å². The van der Waals surface area contributed by atoms with Gasteiger partial charge in [-0.1, -0.05) is 105 Å². The summed E-state index contributed by atoms with van der Waals surface area (Å²) in [5.74, 6) is 0. The summed E-state index contributed by atoms with van der Waals surface area (Å²) in [4.78, 5) is 0. The van der Waals surface area contributed by atoms with E-state index in [4.69, 9.17) is 0 Å². The fraction of sp³-hybridized carbons (Fsp3) is 0.360. The van der Waals surface area contributed by atoms with Gasteiger partial charge in [-0.2, -0.15) is 0 Å². The molecule has 0 atom stereocenters. The molecule has 0 aliphatic heterocycles. The third-order valence-electron chi connectivity index (χ3n) is 5.32. The Hall–Kier alpha value is -1.86. The highest BCUT2D eigenvalue weighted by molar-refractivity contribution is 6.91. The molecule has 0 radical (unpaired) electrons. The van der Waals surface area contributed by atoms with E-state index in [-0.39, 0.29) is 0 Å². The smallest absolute Gasteiger partial charge is 0.0694 e. The Morgan fingerprint density at radius 1 is 0.731 bits per heavy atom. The minimum atomic E-state index is -1.42. The van der Waals surface area contributed by atoms with E-state index in [1.165, 1.54) is 47.1 Å². The van der Waals surface area contributed by atoms with Crippen molar-refractivity contribution >= 4 is 19.2 Å². The number of hydrogen-bond donors (Lipinski definition) is 0. The summed E-state index contributed by atoms with van der Waals surface area (Å²) in [5, 5.41) is 4.91. The first kappa shape index (κ1) is 18.9. The predicted molar refractivity (Wildman–Crippen MR) is 119 cm³/mol. The maximum atomic E-state index is 2.48. The van der Waals surface area contributed by atoms with Crippen LogP contribution in [0.25, 0.3) is 0 Å². The fourth-order valence-corrected chi connectivity index (χ4v) is 8.63. The molecule has 0 aromatic heterocycles. The van der Waals surface area contributed by atoms with E-state index in [9.17, 15) is 0 Å². The van der Waals surface area contributed by atoms with Crippen molar-refractivity contribution in [3.05, 3.63) is 81.1 Å². The van der Waals surface area contributed by atoms with Gasteiger partial charge in [0, 0.05) is 0 Å². The lowest BCUT2D eigenvalue weighted by Crippen LogP contribution is -2.45. The maximum Gasteiger partial charge on any atom is 0.129 e. The Morgan fingerprint density at radius 3 is 1.62 bits per heavy atom. The van der Waals surface area contributed by atoms with Crippen molar-refractivity contribution in [1.29, 1.82) is 0 Å². The number of allylic oxidation sites excluding steroid dienone is 4. The van der Waals surface area contributed by atoms with Gasteiger partial charge in [0.2, 0.25) is 0 Å². The first-order chi connectivity index (χ1) is 12.4. The van der Waals surface area contributed by atoms with E-state index in [1.54, 1.807) is 21.1 Å². The highest BCUT2D eigenvalue weighted by Crippen LogP contribution is 2.30. The lowest BCUT2D eigenvalue weighted by Gasteiger charge is -2.23. The average Bonchev–Trinajstić information content (AvgIpc) is 2.86. The van der Waals surface area contributed by atoms with Crippen molar-refractivity contribution in [2.75, 3.05) is 0 Å². The maximum absolute atomic E-state index is 2.48. The van der Waals surface area contributed by atoms with Crippen LogP contribution in [0, 0.1) is 27.7 Å². The van der Waals surface area contributed by atoms with Gasteiger partial charge in [0.25, 0.3) is 0 Å². The van der Waals surface area contributed by atoms with Gasteiger partial charge in [-0.3, -0.25) is 0 Å². The van der Waals surface area contributed by atoms with Crippen LogP contribution in [0.2, 0.25) is 0 Å². The molecule has 2 aromatic carbocycles. The van der Waals surface area contributed by atoms with Gasteiger partial charge < -0.3 is 0 Å². The van der Waals surface area contributed by atoms with Crippen LogP contribution in [0.4, 0.5) is 0 Å². The largest absolute Gasteiger partial charge is 0.129 e. The van der Waals surface area contributed by atoms with Gasteiger partial charge in [-0.05, 0) is 47.5 Å². The zero-order valence-corrected chi connectivity index (χ0v) is 18.4. The van der Waals surface area contributed by atoms with E-state index >= 15 is 0 Å². The summed E-state index contributed by atoms with van der Waals surface area (Å²) in [6.45, 7) is 13.6. The fourth-order valence-electron chi connectivity index (χ4n) is 4.59. The van der Waals surface area contributed by atoms with Crippen LogP contribution in [0.1, 0.15) is 55.4 Å². The molecule has 1 aliphatic rings. The molecule has 0 bridgehead atoms. The molecule has 26 heavy (non-hydrogen) atoms. The van der Waals surface area contributed by atoms with Crippen LogP contribution in [0.3, 0.4) is 0 Å². The SMILES string of the molecule is CCCC1=C([SiH](c2cc(C)cc(C)c2)c2cc(C)cc(C)c2)CC(C)=C1. The second kappa shape index (κ2) is 7.80. The standard InChI is InChI=1S/C25H32Si/c1-7-8-22-11-21(6)16-25(22)26(23-12-17(2)9-18(3)13-23)24-14-19(4)10-20(5)15-24/h9-15,26H,7-8,16H2,1-6H3. The van der Waals surface area contributed by atoms with Crippen molar-refractivity contribution in [2.24, 2.45) is 0 Å². The monoisotopic (exact) mass is 360 g/mol. The molecular formula is C25H32Si. The summed E-state index contributed by atoms with van der Waals surface area (Å²) in [7, 11) is -1.42. The molecule has 3 rings (SSSR count). The van der Waals surface area contributed by atoms with Crippen LogP contribution >= 0.6 is 0 Å². The molecule has 1 heteroatoms. The topological polar surface area (TPSA) is 0 Å². The van der Waals surface area contributed by atoms with Crippen molar-refractivity contribution < 1.29 is 0 Å². The van der Waals surface area contributed by atoms with E-state index in [2.05, 4.69) is 84.0 Å². The molecule has 0 spiro atoms. The zero-order valence-electron chi connectivity index (χ0n) is 17.2. The molecule has 0 fully saturated rings. The molecule has 1 aliphatic carbocycles. The number of benzene rings is 2. The first-order valence-electron chi connectivity index (χ1n) is 9.93. The minimum Gasteiger partial charge on any atom is -0.0694 e. The normalized spacial score (nSPS) is 14.3. The summed E-state index contributed by atoms with van der Waals surface area (Å²) in [6.07, 6.45) is 6.09. The Kier molecular flexibility index (Phi) is 5.67. The highest BCUT2D eigenvalue weighted by Gasteiger charge is 2.27. The Labute approximate surface area is 161 Å². The number of rotatable bonds is 5. The third kappa shape index (κ3) is 4.10. The average molecular weight is 361 g/mol. The van der Waals surface area contributed by atoms with E-state index < -0.39 is 8.80 Å². The molecule has 2 aromatic rings. The first-order valence-corrected chi connectivity index (χ1v) is 11.7. The van der Waals surface area contributed by atoms with Crippen LogP contribution in [0.15, 0.2) is 58.8 Å². The van der Waals surface area contributed by atoms with E-state index in [1.807, 2.05) is 0 Å². The van der Waals surface area contributed by atoms with Crippen molar-refractivity contribution in [3.63, 3.8) is 0 Å². The number of hydrogen-bond acceptors (Lipinski definition) is 0. The van der Waals surface area contributed by atoms with Gasteiger partial charge >= 0.3 is 0 Å². The molecule has 0 unspecified atom stereocenters. The van der Waals surface area contributed by atoms with Gasteiger partial charge in [-0.15, -0.1) is 0 Å². The van der Waals surface area contributed by atoms with Gasteiger partial charge in [-0.25, -0.2) is 0 Å². The Balaban J connectivity index is 2.21. The Morgan fingerprint density at radius 2 is 1.19 bits per heavy atom. The van der Waals surface area contributed by atoms with Gasteiger partial charge in [0.15, 0.2) is 0 Å². The molecular weight excluding hydrogens is 328 g/mol. The minimum absolute atomic E-state index is 1.17. The summed E-state index contributed by atoms with van der Waals surface area (Å²) >= 11 is 0. The molecule has 0 heterocycles. The predicted octanol–water partition coefficient (Wildman–Crippen LogP) is 5.25. The lowest BCUT2D eigenvalue weighted by atomic mass is 10.1. The molecule has 0 N–H and O–H groups in total. The molecule has 0 saturated carbocycles. The van der Waals surface area contributed by atoms with E-state index in [0.29, 0.717) is 0 Å². The third-order valence-corrected chi connectivity index (χ3v) is 8.60. The van der Waals surface area contributed by atoms with Gasteiger partial charge in [0.1, 0.15) is 8.80 Å². The molecule has 136 valence electrons.